The summed E-state index contributed by atoms with van der Waals surface area (Å²) in [4.78, 5) is 16.3. The molecule has 9 heteroatoms. The number of carbonyl (C=O) groups is 1. The van der Waals surface area contributed by atoms with E-state index in [-0.39, 0.29) is 28.8 Å². The Morgan fingerprint density at radius 1 is 1.33 bits per heavy atom. The number of nitrogens with zero attached hydrogens (tertiary/aromatic N) is 1. The number of benzene rings is 1. The Morgan fingerprint density at radius 3 is 2.79 bits per heavy atom. The second kappa shape index (κ2) is 7.18. The molecule has 1 heterocycles. The van der Waals surface area contributed by atoms with E-state index < -0.39 is 10.0 Å². The van der Waals surface area contributed by atoms with Crippen LogP contribution in [0.15, 0.2) is 34.5 Å². The van der Waals surface area contributed by atoms with Gasteiger partial charge in [-0.25, -0.2) is 18.1 Å². The molecule has 1 aliphatic carbocycles. The number of hydrogen-bond donors (Lipinski definition) is 2. The zero-order valence-corrected chi connectivity index (χ0v) is 15.0. The maximum atomic E-state index is 12.1. The number of sulfonamides is 1. The minimum absolute atomic E-state index is 0.000994. The van der Waals surface area contributed by atoms with Crippen LogP contribution < -0.4 is 10.0 Å². The van der Waals surface area contributed by atoms with Crippen LogP contribution in [-0.4, -0.2) is 25.9 Å². The van der Waals surface area contributed by atoms with Crippen molar-refractivity contribution >= 4 is 44.0 Å². The van der Waals surface area contributed by atoms with Gasteiger partial charge in [0.2, 0.25) is 15.9 Å². The van der Waals surface area contributed by atoms with Gasteiger partial charge in [-0.3, -0.25) is 4.79 Å². The Morgan fingerprint density at radius 2 is 2.08 bits per heavy atom. The molecule has 3 rings (SSSR count). The van der Waals surface area contributed by atoms with E-state index in [1.807, 2.05) is 5.38 Å². The molecule has 0 aliphatic heterocycles. The van der Waals surface area contributed by atoms with Crippen molar-refractivity contribution in [3.05, 3.63) is 40.4 Å². The first kappa shape index (κ1) is 17.3. The second-order valence-electron chi connectivity index (χ2n) is 5.48. The Balaban J connectivity index is 1.50. The standard InChI is InChI=1S/C15H16ClN3O3S2/c16-11-3-1-2-4-13(11)24(21,22)17-8-7-14(20)19-15-18-12(9-23-15)10-5-6-10/h1-4,9-10,17H,5-8H2,(H,18,19,20). The third-order valence-corrected chi connectivity index (χ3v) is 6.27. The molecule has 0 atom stereocenters. The van der Waals surface area contributed by atoms with Gasteiger partial charge in [-0.15, -0.1) is 11.3 Å². The molecular weight excluding hydrogens is 370 g/mol. The summed E-state index contributed by atoms with van der Waals surface area (Å²) in [5, 5.41) is 5.34. The van der Waals surface area contributed by atoms with Crippen LogP contribution in [0.5, 0.6) is 0 Å². The monoisotopic (exact) mass is 385 g/mol. The van der Waals surface area contributed by atoms with Crippen molar-refractivity contribution < 1.29 is 13.2 Å². The molecule has 6 nitrogen and oxygen atoms in total. The van der Waals surface area contributed by atoms with E-state index >= 15 is 0 Å². The molecule has 24 heavy (non-hydrogen) atoms. The van der Waals surface area contributed by atoms with Gasteiger partial charge in [0.15, 0.2) is 5.13 Å². The average molecular weight is 386 g/mol. The fraction of sp³-hybridized carbons (Fsp3) is 0.333. The molecule has 0 unspecified atom stereocenters. The van der Waals surface area contributed by atoms with Crippen LogP contribution in [0.25, 0.3) is 0 Å². The number of anilines is 1. The normalized spacial score (nSPS) is 14.5. The van der Waals surface area contributed by atoms with Gasteiger partial charge < -0.3 is 5.32 Å². The number of nitrogens with one attached hydrogen (secondary N) is 2. The quantitative estimate of drug-likeness (QED) is 0.766. The number of rotatable bonds is 7. The molecule has 2 aromatic rings. The largest absolute Gasteiger partial charge is 0.302 e. The van der Waals surface area contributed by atoms with Gasteiger partial charge in [0.1, 0.15) is 4.90 Å². The van der Waals surface area contributed by atoms with E-state index in [0.717, 1.165) is 18.5 Å². The summed E-state index contributed by atoms with van der Waals surface area (Å²) < 4.78 is 26.7. The van der Waals surface area contributed by atoms with E-state index in [2.05, 4.69) is 15.0 Å². The predicted molar refractivity (Wildman–Crippen MR) is 94.0 cm³/mol. The lowest BCUT2D eigenvalue weighted by molar-refractivity contribution is -0.116. The zero-order valence-electron chi connectivity index (χ0n) is 12.7. The van der Waals surface area contributed by atoms with Crippen molar-refractivity contribution in [3.8, 4) is 0 Å². The van der Waals surface area contributed by atoms with Crippen LogP contribution >= 0.6 is 22.9 Å². The maximum absolute atomic E-state index is 12.1. The van der Waals surface area contributed by atoms with Crippen LogP contribution in [0.4, 0.5) is 5.13 Å². The van der Waals surface area contributed by atoms with Gasteiger partial charge in [-0.05, 0) is 25.0 Å². The van der Waals surface area contributed by atoms with Gasteiger partial charge >= 0.3 is 0 Å². The number of hydrogen-bond acceptors (Lipinski definition) is 5. The molecule has 1 saturated carbocycles. The summed E-state index contributed by atoms with van der Waals surface area (Å²) in [6.07, 6.45) is 2.32. The Bertz CT molecular complexity index is 847. The average Bonchev–Trinajstić information content (AvgIpc) is 3.28. The van der Waals surface area contributed by atoms with Crippen molar-refractivity contribution in [2.24, 2.45) is 0 Å². The molecule has 0 saturated heterocycles. The molecular formula is C15H16ClN3O3S2. The smallest absolute Gasteiger partial charge is 0.242 e. The van der Waals surface area contributed by atoms with Gasteiger partial charge in [-0.2, -0.15) is 0 Å². The molecule has 1 fully saturated rings. The molecule has 1 aromatic carbocycles. The van der Waals surface area contributed by atoms with Crippen LogP contribution in [0.2, 0.25) is 5.02 Å². The van der Waals surface area contributed by atoms with Crippen molar-refractivity contribution in [2.45, 2.75) is 30.1 Å². The fourth-order valence-electron chi connectivity index (χ4n) is 2.13. The van der Waals surface area contributed by atoms with E-state index in [9.17, 15) is 13.2 Å². The molecule has 0 bridgehead atoms. The molecule has 1 amide bonds. The molecule has 2 N–H and O–H groups in total. The number of carbonyl (C=O) groups excluding carboxylic acids is 1. The number of halogens is 1. The molecule has 128 valence electrons. The van der Waals surface area contributed by atoms with Gasteiger partial charge in [0.05, 0.1) is 10.7 Å². The minimum Gasteiger partial charge on any atom is -0.302 e. The van der Waals surface area contributed by atoms with Crippen LogP contribution in [0.1, 0.15) is 30.9 Å². The van der Waals surface area contributed by atoms with E-state index in [4.69, 9.17) is 11.6 Å². The van der Waals surface area contributed by atoms with Crippen molar-refractivity contribution in [2.75, 3.05) is 11.9 Å². The zero-order chi connectivity index (χ0) is 17.2. The van der Waals surface area contributed by atoms with E-state index in [0.29, 0.717) is 11.0 Å². The lowest BCUT2D eigenvalue weighted by atomic mass is 10.3. The van der Waals surface area contributed by atoms with Crippen LogP contribution in [0, 0.1) is 0 Å². The summed E-state index contributed by atoms with van der Waals surface area (Å²) >= 11 is 7.27. The summed E-state index contributed by atoms with van der Waals surface area (Å²) in [5.74, 6) is 0.253. The summed E-state index contributed by atoms with van der Waals surface area (Å²) in [6.45, 7) is -0.0136. The number of thiazole rings is 1. The molecule has 0 spiro atoms. The van der Waals surface area contributed by atoms with Crippen molar-refractivity contribution in [1.29, 1.82) is 0 Å². The molecule has 1 aromatic heterocycles. The lowest BCUT2D eigenvalue weighted by Gasteiger charge is -2.08. The predicted octanol–water partition coefficient (Wildman–Crippen LogP) is 2.98. The third kappa shape index (κ3) is 4.32. The lowest BCUT2D eigenvalue weighted by Crippen LogP contribution is -2.28. The highest BCUT2D eigenvalue weighted by molar-refractivity contribution is 7.89. The highest BCUT2D eigenvalue weighted by Gasteiger charge is 2.26. The highest BCUT2D eigenvalue weighted by Crippen LogP contribution is 2.40. The maximum Gasteiger partial charge on any atom is 0.242 e. The summed E-state index contributed by atoms with van der Waals surface area (Å²) in [5.41, 5.74) is 1.02. The Labute approximate surface area is 149 Å². The number of aromatic nitrogens is 1. The molecule has 0 radical (unpaired) electrons. The summed E-state index contributed by atoms with van der Waals surface area (Å²) in [7, 11) is -3.73. The van der Waals surface area contributed by atoms with Gasteiger partial charge in [0.25, 0.3) is 0 Å². The Hall–Kier alpha value is -1.48. The number of amides is 1. The van der Waals surface area contributed by atoms with Gasteiger partial charge in [0, 0.05) is 24.3 Å². The van der Waals surface area contributed by atoms with Gasteiger partial charge in [-0.1, -0.05) is 23.7 Å². The topological polar surface area (TPSA) is 88.2 Å². The minimum atomic E-state index is -3.73. The first-order chi connectivity index (χ1) is 11.5. The summed E-state index contributed by atoms with van der Waals surface area (Å²) in [6, 6.07) is 6.16. The first-order valence-corrected chi connectivity index (χ1v) is 10.2. The Kier molecular flexibility index (Phi) is 5.19. The van der Waals surface area contributed by atoms with Crippen molar-refractivity contribution in [1.82, 2.24) is 9.71 Å². The third-order valence-electron chi connectivity index (χ3n) is 3.53. The molecule has 1 aliphatic rings. The fourth-order valence-corrected chi connectivity index (χ4v) is 4.49. The highest BCUT2D eigenvalue weighted by atomic mass is 35.5. The van der Waals surface area contributed by atoms with E-state index in [1.54, 1.807) is 12.1 Å². The second-order valence-corrected chi connectivity index (χ2v) is 8.48. The first-order valence-electron chi connectivity index (χ1n) is 7.45. The van der Waals surface area contributed by atoms with Crippen LogP contribution in [0.3, 0.4) is 0 Å². The van der Waals surface area contributed by atoms with Crippen molar-refractivity contribution in [3.63, 3.8) is 0 Å². The SMILES string of the molecule is O=C(CCNS(=O)(=O)c1ccccc1Cl)Nc1nc(C2CC2)cs1. The van der Waals surface area contributed by atoms with E-state index in [1.165, 1.54) is 23.5 Å². The van der Waals surface area contributed by atoms with Crippen LogP contribution in [-0.2, 0) is 14.8 Å².